The summed E-state index contributed by atoms with van der Waals surface area (Å²) < 4.78 is 0. The zero-order chi connectivity index (χ0) is 16.5. The quantitative estimate of drug-likeness (QED) is 0.806. The summed E-state index contributed by atoms with van der Waals surface area (Å²) >= 11 is 12.2. The Kier molecular flexibility index (Phi) is 4.68. The molecule has 1 aromatic carbocycles. The van der Waals surface area contributed by atoms with Crippen molar-refractivity contribution in [2.75, 3.05) is 5.88 Å². The summed E-state index contributed by atoms with van der Waals surface area (Å²) in [5.41, 5.74) is -0.0685. The number of aliphatic hydroxyl groups is 1. The molecular formula is C17H21Cl2N3O. The second-order valence-electron chi connectivity index (χ2n) is 6.79. The van der Waals surface area contributed by atoms with Crippen molar-refractivity contribution in [3.63, 3.8) is 0 Å². The Bertz CT molecular complexity index is 646. The monoisotopic (exact) mass is 353 g/mol. The lowest BCUT2D eigenvalue weighted by Gasteiger charge is -2.41. The van der Waals surface area contributed by atoms with Crippen LogP contribution in [0.1, 0.15) is 31.2 Å². The van der Waals surface area contributed by atoms with E-state index in [0.29, 0.717) is 18.1 Å². The van der Waals surface area contributed by atoms with Gasteiger partial charge in [0.2, 0.25) is 0 Å². The molecule has 3 atom stereocenters. The maximum atomic E-state index is 11.6. The molecule has 0 saturated heterocycles. The molecule has 1 fully saturated rings. The SMILES string of the molecule is C[C@]1(CCl)CC[C@H](Cc2ccc(Cl)cc2)[C@]1(O)Cc1ncn[nH]1. The molecule has 3 rings (SSSR count). The molecule has 2 aromatic rings. The van der Waals surface area contributed by atoms with E-state index in [9.17, 15) is 5.11 Å². The van der Waals surface area contributed by atoms with Crippen molar-refractivity contribution in [2.45, 2.75) is 38.2 Å². The van der Waals surface area contributed by atoms with E-state index in [4.69, 9.17) is 23.2 Å². The molecule has 1 aromatic heterocycles. The summed E-state index contributed by atoms with van der Waals surface area (Å²) in [7, 11) is 0. The minimum Gasteiger partial charge on any atom is -0.389 e. The van der Waals surface area contributed by atoms with Gasteiger partial charge in [-0.3, -0.25) is 5.10 Å². The normalized spacial score (nSPS) is 30.7. The van der Waals surface area contributed by atoms with Crippen molar-refractivity contribution < 1.29 is 5.11 Å². The summed E-state index contributed by atoms with van der Waals surface area (Å²) in [5, 5.41) is 19.0. The van der Waals surface area contributed by atoms with Crippen LogP contribution < -0.4 is 0 Å². The van der Waals surface area contributed by atoms with Crippen molar-refractivity contribution in [1.82, 2.24) is 15.2 Å². The Balaban J connectivity index is 1.87. The van der Waals surface area contributed by atoms with Crippen molar-refractivity contribution in [3.05, 3.63) is 47.0 Å². The number of halogens is 2. The van der Waals surface area contributed by atoms with Crippen LogP contribution in [0.15, 0.2) is 30.6 Å². The molecule has 2 N–H and O–H groups in total. The van der Waals surface area contributed by atoms with E-state index >= 15 is 0 Å². The van der Waals surface area contributed by atoms with E-state index < -0.39 is 5.60 Å². The number of nitrogens with one attached hydrogen (secondary N) is 1. The van der Waals surface area contributed by atoms with Crippen LogP contribution in [0.2, 0.25) is 5.02 Å². The number of aromatic amines is 1. The van der Waals surface area contributed by atoms with Gasteiger partial charge in [0, 0.05) is 22.7 Å². The highest BCUT2D eigenvalue weighted by Gasteiger charge is 2.56. The number of hydrogen-bond acceptors (Lipinski definition) is 3. The Morgan fingerprint density at radius 3 is 2.70 bits per heavy atom. The lowest BCUT2D eigenvalue weighted by atomic mass is 9.70. The molecule has 0 spiro atoms. The van der Waals surface area contributed by atoms with Gasteiger partial charge >= 0.3 is 0 Å². The average Bonchev–Trinajstić information content (AvgIpc) is 3.12. The van der Waals surface area contributed by atoms with E-state index in [-0.39, 0.29) is 11.3 Å². The molecular weight excluding hydrogens is 333 g/mol. The second-order valence-corrected chi connectivity index (χ2v) is 7.50. The molecule has 124 valence electrons. The van der Waals surface area contributed by atoms with Gasteiger partial charge in [0.1, 0.15) is 12.2 Å². The topological polar surface area (TPSA) is 61.8 Å². The number of hydrogen-bond donors (Lipinski definition) is 2. The fraction of sp³-hybridized carbons (Fsp3) is 0.529. The van der Waals surface area contributed by atoms with Crippen LogP contribution in [-0.2, 0) is 12.8 Å². The first kappa shape index (κ1) is 16.7. The third kappa shape index (κ3) is 3.12. The molecule has 1 saturated carbocycles. The molecule has 0 radical (unpaired) electrons. The van der Waals surface area contributed by atoms with E-state index in [2.05, 4.69) is 22.1 Å². The Morgan fingerprint density at radius 1 is 1.35 bits per heavy atom. The highest BCUT2D eigenvalue weighted by atomic mass is 35.5. The standard InChI is InChI=1S/C17H21Cl2N3O/c1-16(10-18)7-6-13(8-12-2-4-14(19)5-3-12)17(16,23)9-15-20-11-21-22-15/h2-5,11,13,23H,6-10H2,1H3,(H,20,21,22)/t13-,16-,17-/m1/s1. The van der Waals surface area contributed by atoms with Gasteiger partial charge in [-0.1, -0.05) is 30.7 Å². The maximum Gasteiger partial charge on any atom is 0.137 e. The van der Waals surface area contributed by atoms with Gasteiger partial charge in [0.25, 0.3) is 0 Å². The first-order valence-electron chi connectivity index (χ1n) is 7.84. The van der Waals surface area contributed by atoms with Crippen molar-refractivity contribution in [1.29, 1.82) is 0 Å². The lowest BCUT2D eigenvalue weighted by molar-refractivity contribution is -0.0747. The lowest BCUT2D eigenvalue weighted by Crippen LogP contribution is -2.50. The van der Waals surface area contributed by atoms with Gasteiger partial charge in [-0.05, 0) is 42.9 Å². The van der Waals surface area contributed by atoms with Crippen LogP contribution in [0, 0.1) is 11.3 Å². The van der Waals surface area contributed by atoms with Crippen LogP contribution in [0.4, 0.5) is 0 Å². The zero-order valence-corrected chi connectivity index (χ0v) is 14.6. The van der Waals surface area contributed by atoms with Gasteiger partial charge in [0.15, 0.2) is 0 Å². The van der Waals surface area contributed by atoms with E-state index in [1.807, 2.05) is 24.3 Å². The molecule has 0 aliphatic heterocycles. The summed E-state index contributed by atoms with van der Waals surface area (Å²) in [6.07, 6.45) is 4.55. The Morgan fingerprint density at radius 2 is 2.09 bits per heavy atom. The Hall–Kier alpha value is -1.10. The third-order valence-corrected chi connectivity index (χ3v) is 6.20. The highest BCUT2D eigenvalue weighted by Crippen LogP contribution is 2.52. The predicted octanol–water partition coefficient (Wildman–Crippen LogP) is 3.63. The summed E-state index contributed by atoms with van der Waals surface area (Å²) in [6.45, 7) is 2.07. The molecule has 1 aliphatic carbocycles. The number of rotatable bonds is 5. The van der Waals surface area contributed by atoms with Crippen LogP contribution in [0.5, 0.6) is 0 Å². The van der Waals surface area contributed by atoms with Gasteiger partial charge in [-0.25, -0.2) is 4.98 Å². The smallest absolute Gasteiger partial charge is 0.137 e. The molecule has 23 heavy (non-hydrogen) atoms. The van der Waals surface area contributed by atoms with Crippen LogP contribution in [0.25, 0.3) is 0 Å². The molecule has 1 aliphatic rings. The number of benzene rings is 1. The van der Waals surface area contributed by atoms with Gasteiger partial charge < -0.3 is 5.11 Å². The molecule has 6 heteroatoms. The number of H-pyrrole nitrogens is 1. The fourth-order valence-corrected chi connectivity index (χ4v) is 4.22. The first-order chi connectivity index (χ1) is 11.0. The maximum absolute atomic E-state index is 11.6. The van der Waals surface area contributed by atoms with Crippen molar-refractivity contribution in [2.24, 2.45) is 11.3 Å². The fourth-order valence-electron chi connectivity index (χ4n) is 3.73. The minimum atomic E-state index is -0.909. The second kappa shape index (κ2) is 6.42. The van der Waals surface area contributed by atoms with E-state index in [0.717, 1.165) is 24.3 Å². The number of alkyl halides is 1. The van der Waals surface area contributed by atoms with Crippen LogP contribution in [-0.4, -0.2) is 31.8 Å². The molecule has 1 heterocycles. The van der Waals surface area contributed by atoms with Crippen molar-refractivity contribution >= 4 is 23.2 Å². The summed E-state index contributed by atoms with van der Waals surface area (Å²) in [4.78, 5) is 4.19. The van der Waals surface area contributed by atoms with Crippen molar-refractivity contribution in [3.8, 4) is 0 Å². The van der Waals surface area contributed by atoms with Gasteiger partial charge in [-0.15, -0.1) is 11.6 Å². The summed E-state index contributed by atoms with van der Waals surface area (Å²) in [6, 6.07) is 7.82. The van der Waals surface area contributed by atoms with Crippen LogP contribution in [0.3, 0.4) is 0 Å². The largest absolute Gasteiger partial charge is 0.389 e. The van der Waals surface area contributed by atoms with Gasteiger partial charge in [0.05, 0.1) is 5.60 Å². The summed E-state index contributed by atoms with van der Waals surface area (Å²) in [5.74, 6) is 1.25. The highest BCUT2D eigenvalue weighted by molar-refractivity contribution is 6.30. The average molecular weight is 354 g/mol. The first-order valence-corrected chi connectivity index (χ1v) is 8.75. The zero-order valence-electron chi connectivity index (χ0n) is 13.1. The predicted molar refractivity (Wildman–Crippen MR) is 91.7 cm³/mol. The third-order valence-electron chi connectivity index (χ3n) is 5.36. The molecule has 0 bridgehead atoms. The minimum absolute atomic E-state index is 0.123. The number of nitrogens with zero attached hydrogens (tertiary/aromatic N) is 2. The number of aromatic nitrogens is 3. The van der Waals surface area contributed by atoms with Crippen LogP contribution >= 0.6 is 23.2 Å². The molecule has 0 amide bonds. The van der Waals surface area contributed by atoms with E-state index in [1.165, 1.54) is 11.9 Å². The van der Waals surface area contributed by atoms with Gasteiger partial charge in [-0.2, -0.15) is 5.10 Å². The molecule has 0 unspecified atom stereocenters. The Labute approximate surface area is 146 Å². The van der Waals surface area contributed by atoms with E-state index in [1.54, 1.807) is 0 Å². The molecule has 4 nitrogen and oxygen atoms in total.